The number of nitrogens with zero attached hydrogens (tertiary/aromatic N) is 1. The molecule has 1 aromatic carbocycles. The van der Waals surface area contributed by atoms with Gasteiger partial charge in [0.05, 0.1) is 20.0 Å². The van der Waals surface area contributed by atoms with E-state index >= 15 is 0 Å². The quantitative estimate of drug-likeness (QED) is 0.595. The molecule has 0 spiro atoms. The number of rotatable bonds is 6. The first-order valence-electron chi connectivity index (χ1n) is 8.37. The first kappa shape index (κ1) is 18.3. The average Bonchev–Trinajstić information content (AvgIpc) is 2.65. The minimum absolute atomic E-state index is 0.172. The Morgan fingerprint density at radius 3 is 2.77 bits per heavy atom. The van der Waals surface area contributed by atoms with E-state index in [0.717, 1.165) is 36.9 Å². The van der Waals surface area contributed by atoms with Crippen molar-refractivity contribution < 1.29 is 14.3 Å². The van der Waals surface area contributed by atoms with E-state index < -0.39 is 0 Å². The van der Waals surface area contributed by atoms with Gasteiger partial charge in [-0.05, 0) is 37.8 Å². The Hall–Kier alpha value is -2.48. The van der Waals surface area contributed by atoms with Crippen molar-refractivity contribution in [3.05, 3.63) is 39.9 Å². The molecule has 0 saturated heterocycles. The summed E-state index contributed by atoms with van der Waals surface area (Å²) >= 11 is 1.30. The first-order chi connectivity index (χ1) is 12.6. The van der Waals surface area contributed by atoms with Gasteiger partial charge in [0.2, 0.25) is 5.91 Å². The molecule has 0 radical (unpaired) electrons. The summed E-state index contributed by atoms with van der Waals surface area (Å²) in [4.78, 5) is 30.9. The van der Waals surface area contributed by atoms with E-state index in [1.807, 2.05) is 0 Å². The number of aromatic nitrogens is 2. The molecule has 1 aliphatic carbocycles. The molecule has 138 valence electrons. The van der Waals surface area contributed by atoms with Crippen LogP contribution in [0.15, 0.2) is 28.0 Å². The van der Waals surface area contributed by atoms with Crippen molar-refractivity contribution in [2.24, 2.45) is 0 Å². The molecule has 3 rings (SSSR count). The van der Waals surface area contributed by atoms with Crippen molar-refractivity contribution in [1.29, 1.82) is 0 Å². The Balaban J connectivity index is 1.66. The molecule has 1 aliphatic rings. The molecule has 0 atom stereocenters. The number of hydrogen-bond acceptors (Lipinski definition) is 6. The third-order valence-corrected chi connectivity index (χ3v) is 5.21. The number of amides is 1. The first-order valence-corrected chi connectivity index (χ1v) is 9.36. The van der Waals surface area contributed by atoms with Crippen LogP contribution in [0, 0.1) is 0 Å². The van der Waals surface area contributed by atoms with E-state index in [4.69, 9.17) is 9.47 Å². The van der Waals surface area contributed by atoms with Crippen LogP contribution in [-0.4, -0.2) is 35.8 Å². The van der Waals surface area contributed by atoms with Crippen molar-refractivity contribution in [2.45, 2.75) is 30.7 Å². The Kier molecular flexibility index (Phi) is 5.82. The fourth-order valence-electron chi connectivity index (χ4n) is 2.96. The van der Waals surface area contributed by atoms with Crippen LogP contribution >= 0.6 is 11.8 Å². The summed E-state index contributed by atoms with van der Waals surface area (Å²) < 4.78 is 10.4. The minimum Gasteiger partial charge on any atom is -0.493 e. The third kappa shape index (κ3) is 4.19. The van der Waals surface area contributed by atoms with Crippen LogP contribution < -0.4 is 20.5 Å². The largest absolute Gasteiger partial charge is 0.493 e. The van der Waals surface area contributed by atoms with Crippen LogP contribution in [-0.2, 0) is 17.6 Å². The lowest BCUT2D eigenvalue weighted by atomic mass is 9.98. The number of nitrogens with one attached hydrogen (secondary N) is 2. The van der Waals surface area contributed by atoms with E-state index in [2.05, 4.69) is 15.3 Å². The SMILES string of the molecule is COc1ccc(NC(=O)CSc2nc(=O)[nH]c3c2CCCC3)cc1OC. The van der Waals surface area contributed by atoms with Gasteiger partial charge in [-0.3, -0.25) is 4.79 Å². The van der Waals surface area contributed by atoms with Crippen LogP contribution in [0.25, 0.3) is 0 Å². The molecule has 8 heteroatoms. The van der Waals surface area contributed by atoms with Gasteiger partial charge in [-0.2, -0.15) is 4.98 Å². The highest BCUT2D eigenvalue weighted by Gasteiger charge is 2.17. The zero-order valence-electron chi connectivity index (χ0n) is 14.8. The van der Waals surface area contributed by atoms with Crippen molar-refractivity contribution in [3.63, 3.8) is 0 Å². The molecule has 1 heterocycles. The maximum absolute atomic E-state index is 12.3. The van der Waals surface area contributed by atoms with E-state index in [1.54, 1.807) is 32.4 Å². The van der Waals surface area contributed by atoms with E-state index in [9.17, 15) is 9.59 Å². The molecule has 2 N–H and O–H groups in total. The van der Waals surface area contributed by atoms with Gasteiger partial charge in [-0.15, -0.1) is 0 Å². The molecule has 0 unspecified atom stereocenters. The number of benzene rings is 1. The highest BCUT2D eigenvalue weighted by atomic mass is 32.2. The minimum atomic E-state index is -0.353. The summed E-state index contributed by atoms with van der Waals surface area (Å²) in [6, 6.07) is 5.18. The maximum atomic E-state index is 12.3. The summed E-state index contributed by atoms with van der Waals surface area (Å²) in [5.74, 6) is 1.15. The molecule has 26 heavy (non-hydrogen) atoms. The van der Waals surface area contributed by atoms with Gasteiger partial charge in [0, 0.05) is 23.0 Å². The van der Waals surface area contributed by atoms with Crippen LogP contribution in [0.1, 0.15) is 24.1 Å². The molecule has 0 saturated carbocycles. The molecule has 2 aromatic rings. The molecule has 1 aromatic heterocycles. The van der Waals surface area contributed by atoms with E-state index in [1.165, 1.54) is 11.8 Å². The monoisotopic (exact) mass is 375 g/mol. The number of aromatic amines is 1. The van der Waals surface area contributed by atoms with E-state index in [0.29, 0.717) is 22.2 Å². The molecule has 7 nitrogen and oxygen atoms in total. The fourth-order valence-corrected chi connectivity index (χ4v) is 3.85. The number of methoxy groups -OCH3 is 2. The van der Waals surface area contributed by atoms with Crippen molar-refractivity contribution in [1.82, 2.24) is 9.97 Å². The Morgan fingerprint density at radius 2 is 2.00 bits per heavy atom. The summed E-state index contributed by atoms with van der Waals surface area (Å²) in [6.45, 7) is 0. The van der Waals surface area contributed by atoms with Crippen molar-refractivity contribution >= 4 is 23.4 Å². The lowest BCUT2D eigenvalue weighted by Gasteiger charge is -2.17. The number of carbonyl (C=O) groups is 1. The fraction of sp³-hybridized carbons (Fsp3) is 0.389. The number of aryl methyl sites for hydroxylation is 1. The zero-order valence-corrected chi connectivity index (χ0v) is 15.6. The van der Waals surface area contributed by atoms with Crippen LogP contribution in [0.5, 0.6) is 11.5 Å². The molecular weight excluding hydrogens is 354 g/mol. The second kappa shape index (κ2) is 8.27. The van der Waals surface area contributed by atoms with Gasteiger partial charge in [-0.25, -0.2) is 4.79 Å². The van der Waals surface area contributed by atoms with Crippen LogP contribution in [0.3, 0.4) is 0 Å². The van der Waals surface area contributed by atoms with Gasteiger partial charge in [0.15, 0.2) is 11.5 Å². The average molecular weight is 375 g/mol. The van der Waals surface area contributed by atoms with Crippen molar-refractivity contribution in [2.75, 3.05) is 25.3 Å². The molecule has 1 amide bonds. The molecule has 0 bridgehead atoms. The predicted molar refractivity (Wildman–Crippen MR) is 100 cm³/mol. The second-order valence-electron chi connectivity index (χ2n) is 5.92. The molecule has 0 aliphatic heterocycles. The van der Waals surface area contributed by atoms with Gasteiger partial charge >= 0.3 is 5.69 Å². The maximum Gasteiger partial charge on any atom is 0.346 e. The Labute approximate surface area is 155 Å². The summed E-state index contributed by atoms with van der Waals surface area (Å²) in [5.41, 5.74) is 2.29. The number of carbonyl (C=O) groups excluding carboxylic acids is 1. The summed E-state index contributed by atoms with van der Waals surface area (Å²) in [5, 5.41) is 3.48. The lowest BCUT2D eigenvalue weighted by Crippen LogP contribution is -2.21. The predicted octanol–water partition coefficient (Wildman–Crippen LogP) is 2.40. The number of fused-ring (bicyclic) bond motifs is 1. The van der Waals surface area contributed by atoms with Gasteiger partial charge in [0.25, 0.3) is 0 Å². The van der Waals surface area contributed by atoms with Crippen molar-refractivity contribution in [3.8, 4) is 11.5 Å². The van der Waals surface area contributed by atoms with Gasteiger partial charge in [0.1, 0.15) is 5.03 Å². The zero-order chi connectivity index (χ0) is 18.5. The van der Waals surface area contributed by atoms with Crippen LogP contribution in [0.2, 0.25) is 0 Å². The Morgan fingerprint density at radius 1 is 1.23 bits per heavy atom. The number of H-pyrrole nitrogens is 1. The number of anilines is 1. The second-order valence-corrected chi connectivity index (χ2v) is 6.88. The summed E-state index contributed by atoms with van der Waals surface area (Å²) in [7, 11) is 3.10. The standard InChI is InChI=1S/C18H21N3O4S/c1-24-14-8-7-11(9-15(14)25-2)19-16(22)10-26-17-12-5-3-4-6-13(12)20-18(23)21-17/h7-9H,3-6,10H2,1-2H3,(H,19,22)(H,20,21,23). The van der Waals surface area contributed by atoms with Gasteiger partial charge < -0.3 is 19.8 Å². The summed E-state index contributed by atoms with van der Waals surface area (Å²) in [6.07, 6.45) is 3.89. The number of ether oxygens (including phenoxy) is 2. The Bertz CT molecular complexity index is 866. The number of hydrogen-bond donors (Lipinski definition) is 2. The van der Waals surface area contributed by atoms with E-state index in [-0.39, 0.29) is 17.3 Å². The smallest absolute Gasteiger partial charge is 0.346 e. The molecular formula is C18H21N3O4S. The third-order valence-electron chi connectivity index (χ3n) is 4.19. The normalized spacial score (nSPS) is 13.0. The highest BCUT2D eigenvalue weighted by molar-refractivity contribution is 8.00. The highest BCUT2D eigenvalue weighted by Crippen LogP contribution is 2.30. The lowest BCUT2D eigenvalue weighted by molar-refractivity contribution is -0.113. The number of thioether (sulfide) groups is 1. The van der Waals surface area contributed by atoms with Gasteiger partial charge in [-0.1, -0.05) is 11.8 Å². The van der Waals surface area contributed by atoms with Crippen LogP contribution in [0.4, 0.5) is 5.69 Å². The topological polar surface area (TPSA) is 93.3 Å². The molecule has 0 fully saturated rings.